The van der Waals surface area contributed by atoms with Gasteiger partial charge < -0.3 is 10.4 Å². The largest absolute Gasteiger partial charge is 0.395 e. The van der Waals surface area contributed by atoms with Crippen LogP contribution in [-0.2, 0) is 5.41 Å². The highest BCUT2D eigenvalue weighted by molar-refractivity contribution is 9.10. The van der Waals surface area contributed by atoms with E-state index in [1.54, 1.807) is 12.1 Å². The Bertz CT molecular complexity index is 455. The molecule has 5 nitrogen and oxygen atoms in total. The van der Waals surface area contributed by atoms with Crippen molar-refractivity contribution in [2.45, 2.75) is 26.2 Å². The number of rotatable bonds is 4. The second kappa shape index (κ2) is 5.67. The van der Waals surface area contributed by atoms with Crippen molar-refractivity contribution in [3.05, 3.63) is 32.3 Å². The van der Waals surface area contributed by atoms with Crippen LogP contribution in [0.15, 0.2) is 16.6 Å². The predicted molar refractivity (Wildman–Crippen MR) is 75.1 cm³/mol. The zero-order valence-electron chi connectivity index (χ0n) is 10.7. The lowest BCUT2D eigenvalue weighted by Crippen LogP contribution is -2.16. The quantitative estimate of drug-likeness (QED) is 0.661. The van der Waals surface area contributed by atoms with Gasteiger partial charge in [0.05, 0.1) is 11.5 Å². The highest BCUT2D eigenvalue weighted by Gasteiger charge is 2.28. The lowest BCUT2D eigenvalue weighted by molar-refractivity contribution is -0.385. The van der Waals surface area contributed by atoms with Crippen molar-refractivity contribution < 1.29 is 10.0 Å². The molecule has 1 rings (SSSR count). The Morgan fingerprint density at radius 1 is 1.44 bits per heavy atom. The van der Waals surface area contributed by atoms with Crippen LogP contribution >= 0.6 is 15.9 Å². The van der Waals surface area contributed by atoms with Gasteiger partial charge in [0.2, 0.25) is 0 Å². The number of nitrogens with zero attached hydrogens (tertiary/aromatic N) is 1. The van der Waals surface area contributed by atoms with Crippen molar-refractivity contribution in [2.75, 3.05) is 18.5 Å². The molecule has 0 radical (unpaired) electrons. The van der Waals surface area contributed by atoms with E-state index >= 15 is 0 Å². The van der Waals surface area contributed by atoms with Crippen LogP contribution in [0, 0.1) is 10.1 Å². The Labute approximate surface area is 114 Å². The summed E-state index contributed by atoms with van der Waals surface area (Å²) < 4.78 is 0.776. The summed E-state index contributed by atoms with van der Waals surface area (Å²) in [5, 5.41) is 22.9. The summed E-state index contributed by atoms with van der Waals surface area (Å²) in [7, 11) is 0. The van der Waals surface area contributed by atoms with Gasteiger partial charge in [0.15, 0.2) is 0 Å². The fourth-order valence-corrected chi connectivity index (χ4v) is 2.15. The van der Waals surface area contributed by atoms with Crippen LogP contribution < -0.4 is 5.32 Å². The maximum atomic E-state index is 11.3. The van der Waals surface area contributed by atoms with E-state index in [1.165, 1.54) is 0 Å². The second-order valence-electron chi connectivity index (χ2n) is 5.01. The summed E-state index contributed by atoms with van der Waals surface area (Å²) in [5.74, 6) is 0. The van der Waals surface area contributed by atoms with E-state index in [0.717, 1.165) is 4.47 Å². The highest BCUT2D eigenvalue weighted by Crippen LogP contribution is 2.39. The standard InChI is InChI=1S/C12H17BrN2O3/c1-12(2,3)9-6-8(13)7-10(14-4-5-16)11(9)15(17)18/h6-7,14,16H,4-5H2,1-3H3. The third-order valence-corrected chi connectivity index (χ3v) is 2.95. The number of hydrogen-bond acceptors (Lipinski definition) is 4. The number of halogens is 1. The molecule has 0 aliphatic heterocycles. The Hall–Kier alpha value is -1.14. The normalized spacial score (nSPS) is 11.4. The number of anilines is 1. The lowest BCUT2D eigenvalue weighted by Gasteiger charge is -2.21. The minimum Gasteiger partial charge on any atom is -0.395 e. The third-order valence-electron chi connectivity index (χ3n) is 2.49. The summed E-state index contributed by atoms with van der Waals surface area (Å²) in [4.78, 5) is 10.9. The van der Waals surface area contributed by atoms with Gasteiger partial charge in [-0.25, -0.2) is 0 Å². The van der Waals surface area contributed by atoms with E-state index in [2.05, 4.69) is 21.2 Å². The molecule has 1 aromatic rings. The Balaban J connectivity index is 3.41. The van der Waals surface area contributed by atoms with Crippen molar-refractivity contribution in [3.63, 3.8) is 0 Å². The van der Waals surface area contributed by atoms with Gasteiger partial charge in [-0.15, -0.1) is 0 Å². The van der Waals surface area contributed by atoms with E-state index in [9.17, 15) is 10.1 Å². The number of aliphatic hydroxyl groups excluding tert-OH is 1. The van der Waals surface area contributed by atoms with E-state index in [-0.39, 0.29) is 29.2 Å². The minimum absolute atomic E-state index is 0.0687. The summed E-state index contributed by atoms with van der Waals surface area (Å²) in [6.45, 7) is 5.99. The first-order valence-electron chi connectivity index (χ1n) is 5.60. The van der Waals surface area contributed by atoms with Crippen LogP contribution in [0.3, 0.4) is 0 Å². The van der Waals surface area contributed by atoms with Crippen LogP contribution in [0.2, 0.25) is 0 Å². The van der Waals surface area contributed by atoms with Gasteiger partial charge in [0.1, 0.15) is 5.69 Å². The molecular formula is C12H17BrN2O3. The number of hydrogen-bond donors (Lipinski definition) is 2. The van der Waals surface area contributed by atoms with E-state index < -0.39 is 0 Å². The van der Waals surface area contributed by atoms with Crippen LogP contribution in [0.25, 0.3) is 0 Å². The summed E-state index contributed by atoms with van der Waals surface area (Å²) in [5.41, 5.74) is 0.816. The number of nitro benzene ring substituents is 1. The fraction of sp³-hybridized carbons (Fsp3) is 0.500. The first kappa shape index (κ1) is 14.9. The van der Waals surface area contributed by atoms with Crippen LogP contribution in [0.4, 0.5) is 11.4 Å². The molecule has 0 unspecified atom stereocenters. The Morgan fingerprint density at radius 3 is 2.50 bits per heavy atom. The maximum Gasteiger partial charge on any atom is 0.296 e. The molecule has 0 heterocycles. The molecule has 0 amide bonds. The van der Waals surface area contributed by atoms with Gasteiger partial charge in [0.25, 0.3) is 5.69 Å². The van der Waals surface area contributed by atoms with Crippen molar-refractivity contribution in [1.82, 2.24) is 0 Å². The monoisotopic (exact) mass is 316 g/mol. The molecule has 0 aromatic heterocycles. The summed E-state index contributed by atoms with van der Waals surface area (Å²) in [6.07, 6.45) is 0. The molecule has 1 aromatic carbocycles. The van der Waals surface area contributed by atoms with E-state index in [4.69, 9.17) is 5.11 Å². The first-order chi connectivity index (χ1) is 8.27. The molecule has 0 spiro atoms. The number of nitro groups is 1. The molecule has 0 saturated carbocycles. The van der Waals surface area contributed by atoms with Crippen LogP contribution in [0.1, 0.15) is 26.3 Å². The fourth-order valence-electron chi connectivity index (χ4n) is 1.69. The smallest absolute Gasteiger partial charge is 0.296 e. The van der Waals surface area contributed by atoms with E-state index in [1.807, 2.05) is 20.8 Å². The zero-order chi connectivity index (χ0) is 13.9. The SMILES string of the molecule is CC(C)(C)c1cc(Br)cc(NCCO)c1[N+](=O)[O-]. The lowest BCUT2D eigenvalue weighted by atomic mass is 9.85. The molecule has 0 fully saturated rings. The Kier molecular flexibility index (Phi) is 4.70. The molecule has 0 atom stereocenters. The van der Waals surface area contributed by atoms with Gasteiger partial charge in [-0.3, -0.25) is 10.1 Å². The van der Waals surface area contributed by atoms with Crippen LogP contribution in [-0.4, -0.2) is 23.2 Å². The summed E-state index contributed by atoms with van der Waals surface area (Å²) in [6, 6.07) is 3.42. The van der Waals surface area contributed by atoms with E-state index in [0.29, 0.717) is 11.3 Å². The number of aliphatic hydroxyl groups is 1. The van der Waals surface area contributed by atoms with Crippen molar-refractivity contribution >= 4 is 27.3 Å². The molecule has 0 bridgehead atoms. The number of benzene rings is 1. The van der Waals surface area contributed by atoms with Gasteiger partial charge in [-0.05, 0) is 17.5 Å². The van der Waals surface area contributed by atoms with Gasteiger partial charge in [-0.2, -0.15) is 0 Å². The molecule has 6 heteroatoms. The first-order valence-corrected chi connectivity index (χ1v) is 6.40. The molecule has 0 saturated heterocycles. The second-order valence-corrected chi connectivity index (χ2v) is 5.92. The number of nitrogens with one attached hydrogen (secondary N) is 1. The molecule has 2 N–H and O–H groups in total. The molecule has 18 heavy (non-hydrogen) atoms. The average molecular weight is 317 g/mol. The van der Waals surface area contributed by atoms with Crippen molar-refractivity contribution in [2.24, 2.45) is 0 Å². The van der Waals surface area contributed by atoms with Crippen LogP contribution in [0.5, 0.6) is 0 Å². The molecule has 100 valence electrons. The molecular weight excluding hydrogens is 300 g/mol. The highest BCUT2D eigenvalue weighted by atomic mass is 79.9. The topological polar surface area (TPSA) is 75.4 Å². The molecule has 0 aliphatic carbocycles. The third kappa shape index (κ3) is 3.43. The predicted octanol–water partition coefficient (Wildman–Crippen LogP) is 3.06. The Morgan fingerprint density at radius 2 is 2.06 bits per heavy atom. The van der Waals surface area contributed by atoms with Crippen molar-refractivity contribution in [1.29, 1.82) is 0 Å². The zero-order valence-corrected chi connectivity index (χ0v) is 12.2. The average Bonchev–Trinajstić information content (AvgIpc) is 2.23. The van der Waals surface area contributed by atoms with Crippen molar-refractivity contribution in [3.8, 4) is 0 Å². The van der Waals surface area contributed by atoms with Gasteiger partial charge in [0, 0.05) is 16.6 Å². The summed E-state index contributed by atoms with van der Waals surface area (Å²) >= 11 is 3.36. The van der Waals surface area contributed by atoms with Gasteiger partial charge >= 0.3 is 0 Å². The minimum atomic E-state index is -0.382. The maximum absolute atomic E-state index is 11.3. The molecule has 0 aliphatic rings. The van der Waals surface area contributed by atoms with Gasteiger partial charge in [-0.1, -0.05) is 36.7 Å².